The number of pyridine rings is 1. The van der Waals surface area contributed by atoms with E-state index in [2.05, 4.69) is 32.3 Å². The van der Waals surface area contributed by atoms with Crippen molar-refractivity contribution < 1.29 is 0 Å². The fourth-order valence-corrected chi connectivity index (χ4v) is 3.15. The summed E-state index contributed by atoms with van der Waals surface area (Å²) in [6.07, 6.45) is 1.79. The predicted molar refractivity (Wildman–Crippen MR) is 98.5 cm³/mol. The molecule has 0 bridgehead atoms. The fraction of sp³-hybridized carbons (Fsp3) is 0.176. The molecule has 0 atom stereocenters. The molecule has 2 heterocycles. The summed E-state index contributed by atoms with van der Waals surface area (Å²) >= 11 is 1.49. The Kier molecular flexibility index (Phi) is 4.16. The zero-order chi connectivity index (χ0) is 16.4. The lowest BCUT2D eigenvalue weighted by molar-refractivity contribution is 1.13. The molecule has 0 fully saturated rings. The SMILES string of the molecule is Cc1nc(N)sc1-c1ccnc(Nc2ccc(N(C)C)cc2)c1. The van der Waals surface area contributed by atoms with Crippen LogP contribution in [0, 0.1) is 6.92 Å². The zero-order valence-electron chi connectivity index (χ0n) is 13.4. The molecule has 2 aromatic heterocycles. The average Bonchev–Trinajstić information content (AvgIpc) is 2.87. The van der Waals surface area contributed by atoms with E-state index in [4.69, 9.17) is 5.73 Å². The van der Waals surface area contributed by atoms with Crippen LogP contribution in [-0.2, 0) is 0 Å². The number of nitrogen functional groups attached to an aromatic ring is 1. The van der Waals surface area contributed by atoms with Gasteiger partial charge in [0.05, 0.1) is 10.6 Å². The Morgan fingerprint density at radius 2 is 1.87 bits per heavy atom. The van der Waals surface area contributed by atoms with Gasteiger partial charge in [0.15, 0.2) is 5.13 Å². The average molecular weight is 325 g/mol. The molecule has 5 nitrogen and oxygen atoms in total. The van der Waals surface area contributed by atoms with Crippen LogP contribution in [0.15, 0.2) is 42.6 Å². The minimum absolute atomic E-state index is 0.586. The van der Waals surface area contributed by atoms with E-state index < -0.39 is 0 Å². The Labute approximate surface area is 139 Å². The third kappa shape index (κ3) is 3.43. The summed E-state index contributed by atoms with van der Waals surface area (Å²) < 4.78 is 0. The number of nitrogens with two attached hydrogens (primary N) is 1. The zero-order valence-corrected chi connectivity index (χ0v) is 14.2. The van der Waals surface area contributed by atoms with Crippen molar-refractivity contribution in [3.63, 3.8) is 0 Å². The summed E-state index contributed by atoms with van der Waals surface area (Å²) in [5, 5.41) is 3.92. The van der Waals surface area contributed by atoms with Gasteiger partial charge in [0, 0.05) is 31.7 Å². The lowest BCUT2D eigenvalue weighted by Crippen LogP contribution is -2.08. The minimum atomic E-state index is 0.586. The molecule has 0 unspecified atom stereocenters. The van der Waals surface area contributed by atoms with Crippen molar-refractivity contribution in [1.82, 2.24) is 9.97 Å². The van der Waals surface area contributed by atoms with Crippen LogP contribution in [0.2, 0.25) is 0 Å². The summed E-state index contributed by atoms with van der Waals surface area (Å²) in [7, 11) is 4.05. The van der Waals surface area contributed by atoms with Gasteiger partial charge in [-0.25, -0.2) is 9.97 Å². The summed E-state index contributed by atoms with van der Waals surface area (Å²) in [4.78, 5) is 11.8. The van der Waals surface area contributed by atoms with Crippen molar-refractivity contribution in [1.29, 1.82) is 0 Å². The lowest BCUT2D eigenvalue weighted by Gasteiger charge is -2.13. The lowest BCUT2D eigenvalue weighted by atomic mass is 10.2. The fourth-order valence-electron chi connectivity index (χ4n) is 2.32. The van der Waals surface area contributed by atoms with Gasteiger partial charge in [0.2, 0.25) is 0 Å². The maximum Gasteiger partial charge on any atom is 0.180 e. The van der Waals surface area contributed by atoms with Gasteiger partial charge >= 0.3 is 0 Å². The Hall–Kier alpha value is -2.60. The second-order valence-electron chi connectivity index (χ2n) is 5.46. The second-order valence-corrected chi connectivity index (χ2v) is 6.49. The van der Waals surface area contributed by atoms with E-state index in [9.17, 15) is 0 Å². The number of aromatic nitrogens is 2. The molecule has 0 aliphatic rings. The van der Waals surface area contributed by atoms with Gasteiger partial charge in [0.25, 0.3) is 0 Å². The molecule has 0 amide bonds. The molecule has 23 heavy (non-hydrogen) atoms. The van der Waals surface area contributed by atoms with Gasteiger partial charge in [0.1, 0.15) is 5.82 Å². The Balaban J connectivity index is 1.84. The minimum Gasteiger partial charge on any atom is -0.378 e. The molecule has 1 aromatic carbocycles. The van der Waals surface area contributed by atoms with Crippen LogP contribution in [0.3, 0.4) is 0 Å². The maximum atomic E-state index is 5.79. The van der Waals surface area contributed by atoms with Crippen molar-refractivity contribution in [2.75, 3.05) is 30.0 Å². The van der Waals surface area contributed by atoms with E-state index in [0.717, 1.165) is 33.3 Å². The van der Waals surface area contributed by atoms with Gasteiger partial charge in [-0.3, -0.25) is 0 Å². The van der Waals surface area contributed by atoms with E-state index >= 15 is 0 Å². The molecule has 3 rings (SSSR count). The second kappa shape index (κ2) is 6.26. The Morgan fingerprint density at radius 3 is 2.48 bits per heavy atom. The molecule has 3 N–H and O–H groups in total. The quantitative estimate of drug-likeness (QED) is 0.761. The molecular formula is C17H19N5S. The van der Waals surface area contributed by atoms with E-state index in [-0.39, 0.29) is 0 Å². The number of rotatable bonds is 4. The Morgan fingerprint density at radius 1 is 1.13 bits per heavy atom. The number of thiazole rings is 1. The van der Waals surface area contributed by atoms with Crippen LogP contribution < -0.4 is 16.0 Å². The smallest absolute Gasteiger partial charge is 0.180 e. The predicted octanol–water partition coefficient (Wildman–Crippen LogP) is 3.91. The van der Waals surface area contributed by atoms with Crippen LogP contribution >= 0.6 is 11.3 Å². The molecule has 6 heteroatoms. The first-order valence-corrected chi connectivity index (χ1v) is 8.08. The van der Waals surface area contributed by atoms with E-state index in [0.29, 0.717) is 5.13 Å². The van der Waals surface area contributed by atoms with Crippen LogP contribution in [0.5, 0.6) is 0 Å². The normalized spacial score (nSPS) is 10.6. The highest BCUT2D eigenvalue weighted by Crippen LogP contribution is 2.32. The van der Waals surface area contributed by atoms with Gasteiger partial charge in [-0.2, -0.15) is 0 Å². The number of benzene rings is 1. The van der Waals surface area contributed by atoms with Crippen molar-refractivity contribution in [2.45, 2.75) is 6.92 Å². The number of anilines is 4. The van der Waals surface area contributed by atoms with Crippen molar-refractivity contribution in [3.8, 4) is 10.4 Å². The van der Waals surface area contributed by atoms with Crippen LogP contribution in [-0.4, -0.2) is 24.1 Å². The molecular weight excluding hydrogens is 306 g/mol. The standard InChI is InChI=1S/C17H19N5S/c1-11-16(23-17(18)20-11)12-8-9-19-15(10-12)21-13-4-6-14(7-5-13)22(2)3/h4-10H,1-3H3,(H2,18,20)(H,19,21). The van der Waals surface area contributed by atoms with Crippen LogP contribution in [0.25, 0.3) is 10.4 Å². The number of nitrogens with zero attached hydrogens (tertiary/aromatic N) is 3. The van der Waals surface area contributed by atoms with E-state index in [1.165, 1.54) is 11.3 Å². The third-order valence-corrected chi connectivity index (χ3v) is 4.53. The number of aryl methyl sites for hydroxylation is 1. The molecule has 0 spiro atoms. The van der Waals surface area contributed by atoms with E-state index in [1.54, 1.807) is 6.20 Å². The van der Waals surface area contributed by atoms with Gasteiger partial charge in [-0.15, -0.1) is 0 Å². The van der Waals surface area contributed by atoms with Gasteiger partial charge in [-0.1, -0.05) is 11.3 Å². The first kappa shape index (κ1) is 15.3. The molecule has 0 aliphatic heterocycles. The number of hydrogen-bond acceptors (Lipinski definition) is 6. The number of hydrogen-bond donors (Lipinski definition) is 2. The third-order valence-electron chi connectivity index (χ3n) is 3.49. The first-order valence-electron chi connectivity index (χ1n) is 7.26. The first-order chi connectivity index (χ1) is 11.0. The maximum absolute atomic E-state index is 5.79. The summed E-state index contributed by atoms with van der Waals surface area (Å²) in [6.45, 7) is 1.97. The number of nitrogens with one attached hydrogen (secondary N) is 1. The molecule has 0 radical (unpaired) electrons. The van der Waals surface area contributed by atoms with Gasteiger partial charge in [-0.05, 0) is 48.9 Å². The highest BCUT2D eigenvalue weighted by atomic mass is 32.1. The summed E-state index contributed by atoms with van der Waals surface area (Å²) in [5.41, 5.74) is 9.96. The topological polar surface area (TPSA) is 67.1 Å². The Bertz CT molecular complexity index is 808. The molecule has 3 aromatic rings. The van der Waals surface area contributed by atoms with Crippen molar-refractivity contribution in [2.24, 2.45) is 0 Å². The van der Waals surface area contributed by atoms with Gasteiger partial charge < -0.3 is 16.0 Å². The monoisotopic (exact) mass is 325 g/mol. The summed E-state index contributed by atoms with van der Waals surface area (Å²) in [6, 6.07) is 12.2. The largest absolute Gasteiger partial charge is 0.378 e. The molecule has 0 aliphatic carbocycles. The van der Waals surface area contributed by atoms with Crippen molar-refractivity contribution >= 4 is 33.7 Å². The van der Waals surface area contributed by atoms with Crippen LogP contribution in [0.4, 0.5) is 22.3 Å². The van der Waals surface area contributed by atoms with E-state index in [1.807, 2.05) is 45.3 Å². The summed E-state index contributed by atoms with van der Waals surface area (Å²) in [5.74, 6) is 0.798. The highest BCUT2D eigenvalue weighted by molar-refractivity contribution is 7.18. The molecule has 0 saturated carbocycles. The molecule has 0 saturated heterocycles. The molecule has 118 valence electrons. The van der Waals surface area contributed by atoms with Crippen LogP contribution in [0.1, 0.15) is 5.69 Å². The van der Waals surface area contributed by atoms with Crippen molar-refractivity contribution in [3.05, 3.63) is 48.3 Å². The highest BCUT2D eigenvalue weighted by Gasteiger charge is 2.09.